The molecule has 5 nitrogen and oxygen atoms in total. The van der Waals surface area contributed by atoms with Gasteiger partial charge in [-0.25, -0.2) is 4.99 Å². The average Bonchev–Trinajstić information content (AvgIpc) is 2.01. The van der Waals surface area contributed by atoms with Crippen LogP contribution in [0.2, 0.25) is 0 Å². The summed E-state index contributed by atoms with van der Waals surface area (Å²) in [6.45, 7) is 3.79. The van der Waals surface area contributed by atoms with Gasteiger partial charge in [0, 0.05) is 0 Å². The molecule has 78 valence electrons. The van der Waals surface area contributed by atoms with E-state index in [4.69, 9.17) is 0 Å². The van der Waals surface area contributed by atoms with Gasteiger partial charge in [-0.15, -0.1) is 0 Å². The number of rotatable bonds is 3. The standard InChI is InChI=1S/C9H14N2O3.Na/c1-3-4-5(2)6-7(12)10-9(14)11-8(6)13;/h5-6H,3-4H2,1-2H3,(H2,10,11,12,13,14);/q;+1/p-1. The Morgan fingerprint density at radius 2 is 2.13 bits per heavy atom. The quantitative estimate of drug-likeness (QED) is 0.394. The van der Waals surface area contributed by atoms with Crippen molar-refractivity contribution in [2.45, 2.75) is 26.7 Å². The first kappa shape index (κ1) is 14.6. The zero-order chi connectivity index (χ0) is 10.7. The Kier molecular flexibility index (Phi) is 6.09. The van der Waals surface area contributed by atoms with Crippen LogP contribution in [0.1, 0.15) is 26.7 Å². The van der Waals surface area contributed by atoms with E-state index in [0.717, 1.165) is 12.8 Å². The molecule has 0 aromatic heterocycles. The van der Waals surface area contributed by atoms with Crippen LogP contribution in [0.25, 0.3) is 0 Å². The van der Waals surface area contributed by atoms with E-state index in [-0.39, 0.29) is 35.5 Å². The van der Waals surface area contributed by atoms with E-state index in [2.05, 4.69) is 4.99 Å². The molecule has 0 aromatic rings. The Morgan fingerprint density at radius 3 is 2.60 bits per heavy atom. The molecule has 0 saturated heterocycles. The van der Waals surface area contributed by atoms with Gasteiger partial charge >= 0.3 is 29.6 Å². The van der Waals surface area contributed by atoms with Crippen LogP contribution >= 0.6 is 0 Å². The van der Waals surface area contributed by atoms with Gasteiger partial charge in [0.15, 0.2) is 0 Å². The number of hydrogen-bond acceptors (Lipinski definition) is 3. The summed E-state index contributed by atoms with van der Waals surface area (Å²) in [5.74, 6) is -1.98. The second-order valence-electron chi connectivity index (χ2n) is 3.49. The van der Waals surface area contributed by atoms with Crippen LogP contribution in [-0.2, 0) is 9.59 Å². The first-order valence-electron chi connectivity index (χ1n) is 4.66. The van der Waals surface area contributed by atoms with E-state index >= 15 is 0 Å². The summed E-state index contributed by atoms with van der Waals surface area (Å²) in [6, 6.07) is -0.847. The van der Waals surface area contributed by atoms with Gasteiger partial charge in [0.25, 0.3) is 5.91 Å². The van der Waals surface area contributed by atoms with Crippen molar-refractivity contribution < 1.29 is 44.3 Å². The second kappa shape index (κ2) is 6.25. The van der Waals surface area contributed by atoms with Gasteiger partial charge in [-0.2, -0.15) is 0 Å². The third-order valence-corrected chi connectivity index (χ3v) is 2.30. The Balaban J connectivity index is 0.00000196. The summed E-state index contributed by atoms with van der Waals surface area (Å²) in [4.78, 5) is 25.8. The summed E-state index contributed by atoms with van der Waals surface area (Å²) in [5.41, 5.74) is 0. The number of nitrogens with zero attached hydrogens (tertiary/aromatic N) is 1. The Hall–Kier alpha value is -0.390. The van der Waals surface area contributed by atoms with Crippen molar-refractivity contribution in [2.75, 3.05) is 0 Å². The average molecular weight is 220 g/mol. The second-order valence-corrected chi connectivity index (χ2v) is 3.49. The molecule has 0 aliphatic carbocycles. The minimum absolute atomic E-state index is 0. The third-order valence-electron chi connectivity index (χ3n) is 2.30. The van der Waals surface area contributed by atoms with Gasteiger partial charge in [0.05, 0.1) is 6.02 Å². The molecule has 0 fully saturated rings. The van der Waals surface area contributed by atoms with Gasteiger partial charge in [-0.05, 0) is 12.3 Å². The molecule has 0 bridgehead atoms. The smallest absolute Gasteiger partial charge is 0.846 e. The fourth-order valence-corrected chi connectivity index (χ4v) is 1.62. The third kappa shape index (κ3) is 3.59. The Morgan fingerprint density at radius 1 is 1.53 bits per heavy atom. The van der Waals surface area contributed by atoms with Gasteiger partial charge < -0.3 is 10.4 Å². The van der Waals surface area contributed by atoms with Crippen LogP contribution in [0.15, 0.2) is 4.99 Å². The first-order valence-corrected chi connectivity index (χ1v) is 4.66. The van der Waals surface area contributed by atoms with Crippen molar-refractivity contribution in [3.63, 3.8) is 0 Å². The van der Waals surface area contributed by atoms with E-state index in [1.165, 1.54) is 0 Å². The zero-order valence-electron chi connectivity index (χ0n) is 9.24. The summed E-state index contributed by atoms with van der Waals surface area (Å²) < 4.78 is 0. The monoisotopic (exact) mass is 220 g/mol. The van der Waals surface area contributed by atoms with E-state index in [9.17, 15) is 14.7 Å². The number of aliphatic imine (C=N–C) groups is 1. The normalized spacial score (nSPS) is 22.5. The predicted molar refractivity (Wildman–Crippen MR) is 48.1 cm³/mol. The fraction of sp³-hybridized carbons (Fsp3) is 0.667. The number of carbonyl (C=O) groups excluding carboxylic acids is 2. The van der Waals surface area contributed by atoms with Crippen LogP contribution in [0.4, 0.5) is 0 Å². The largest absolute Gasteiger partial charge is 1.00 e. The SMILES string of the molecule is CCCC(C)C1C(=O)N=C([O-])NC1=O.[Na+]. The first-order chi connectivity index (χ1) is 6.56. The minimum Gasteiger partial charge on any atom is -0.846 e. The van der Waals surface area contributed by atoms with Gasteiger partial charge in [-0.1, -0.05) is 20.3 Å². The Labute approximate surface area is 111 Å². The molecule has 15 heavy (non-hydrogen) atoms. The van der Waals surface area contributed by atoms with Crippen molar-refractivity contribution in [1.82, 2.24) is 5.32 Å². The summed E-state index contributed by atoms with van der Waals surface area (Å²) in [6.07, 6.45) is 1.67. The van der Waals surface area contributed by atoms with Crippen molar-refractivity contribution >= 4 is 17.8 Å². The maximum Gasteiger partial charge on any atom is 1.00 e. The number of amidine groups is 1. The summed E-state index contributed by atoms with van der Waals surface area (Å²) in [7, 11) is 0. The number of amides is 2. The molecule has 0 spiro atoms. The van der Waals surface area contributed by atoms with E-state index in [0.29, 0.717) is 0 Å². The maximum absolute atomic E-state index is 11.3. The van der Waals surface area contributed by atoms with Crippen LogP contribution in [0.3, 0.4) is 0 Å². The number of nitrogens with one attached hydrogen (secondary N) is 1. The minimum atomic E-state index is -0.847. The maximum atomic E-state index is 11.3. The van der Waals surface area contributed by atoms with E-state index in [1.807, 2.05) is 19.2 Å². The zero-order valence-corrected chi connectivity index (χ0v) is 11.2. The molecule has 1 aliphatic heterocycles. The molecule has 2 unspecified atom stereocenters. The number of hydrogen-bond donors (Lipinski definition) is 1. The van der Waals surface area contributed by atoms with Crippen molar-refractivity contribution in [3.05, 3.63) is 0 Å². The molecular weight excluding hydrogens is 207 g/mol. The van der Waals surface area contributed by atoms with Crippen molar-refractivity contribution in [3.8, 4) is 0 Å². The number of carbonyl (C=O) groups is 2. The predicted octanol–water partition coefficient (Wildman–Crippen LogP) is -3.58. The molecule has 0 radical (unpaired) electrons. The molecule has 0 saturated carbocycles. The molecule has 2 amide bonds. The molecule has 1 N–H and O–H groups in total. The van der Waals surface area contributed by atoms with E-state index < -0.39 is 23.8 Å². The van der Waals surface area contributed by atoms with Gasteiger partial charge in [0.2, 0.25) is 5.91 Å². The summed E-state index contributed by atoms with van der Waals surface area (Å²) >= 11 is 0. The topological polar surface area (TPSA) is 81.6 Å². The fourth-order valence-electron chi connectivity index (χ4n) is 1.62. The molecule has 1 rings (SSSR count). The van der Waals surface area contributed by atoms with E-state index in [1.54, 1.807) is 0 Å². The van der Waals surface area contributed by atoms with Crippen molar-refractivity contribution in [2.24, 2.45) is 16.8 Å². The Bertz CT molecular complexity index is 291. The molecular formula is C9H13N2NaO3. The molecule has 6 heteroatoms. The van der Waals surface area contributed by atoms with Gasteiger partial charge in [-0.3, -0.25) is 9.59 Å². The van der Waals surface area contributed by atoms with Gasteiger partial charge in [0.1, 0.15) is 5.92 Å². The van der Waals surface area contributed by atoms with Crippen LogP contribution in [-0.4, -0.2) is 17.8 Å². The molecule has 0 aromatic carbocycles. The molecule has 1 heterocycles. The van der Waals surface area contributed by atoms with Crippen LogP contribution in [0, 0.1) is 11.8 Å². The summed E-state index contributed by atoms with van der Waals surface area (Å²) in [5, 5.41) is 12.7. The van der Waals surface area contributed by atoms with Crippen LogP contribution in [0.5, 0.6) is 0 Å². The molecule has 1 aliphatic rings. The molecule has 2 atom stereocenters. The van der Waals surface area contributed by atoms with Crippen molar-refractivity contribution in [1.29, 1.82) is 0 Å². The van der Waals surface area contributed by atoms with Crippen LogP contribution < -0.4 is 40.0 Å².